The van der Waals surface area contributed by atoms with E-state index in [1.54, 1.807) is 6.92 Å². The minimum atomic E-state index is 0.141. The van der Waals surface area contributed by atoms with Gasteiger partial charge in [0.05, 0.1) is 0 Å². The first-order valence-corrected chi connectivity index (χ1v) is 7.24. The largest absolute Gasteiger partial charge is 0.357 e. The molecule has 20 heavy (non-hydrogen) atoms. The third-order valence-electron chi connectivity index (χ3n) is 3.72. The quantitative estimate of drug-likeness (QED) is 0.821. The summed E-state index contributed by atoms with van der Waals surface area (Å²) in [6.07, 6.45) is 1.81. The van der Waals surface area contributed by atoms with Crippen molar-refractivity contribution in [3.63, 3.8) is 0 Å². The van der Waals surface area contributed by atoms with Crippen molar-refractivity contribution in [3.05, 3.63) is 12.3 Å². The number of carbonyl (C=O) groups is 1. The summed E-state index contributed by atoms with van der Waals surface area (Å²) in [5.41, 5.74) is 0. The van der Waals surface area contributed by atoms with E-state index in [9.17, 15) is 4.79 Å². The molecule has 0 bridgehead atoms. The van der Waals surface area contributed by atoms with Gasteiger partial charge in [0.2, 0.25) is 11.9 Å². The number of hydrogen-bond donors (Lipinski definition) is 0. The van der Waals surface area contributed by atoms with E-state index in [4.69, 9.17) is 0 Å². The molecule has 1 aromatic heterocycles. The second-order valence-corrected chi connectivity index (χ2v) is 4.88. The van der Waals surface area contributed by atoms with Gasteiger partial charge in [-0.2, -0.15) is 4.98 Å². The molecule has 6 nitrogen and oxygen atoms in total. The summed E-state index contributed by atoms with van der Waals surface area (Å²) in [4.78, 5) is 26.6. The van der Waals surface area contributed by atoms with E-state index in [0.717, 1.165) is 51.0 Å². The van der Waals surface area contributed by atoms with Crippen LogP contribution in [0.5, 0.6) is 0 Å². The highest BCUT2D eigenvalue weighted by Gasteiger charge is 2.20. The Hall–Kier alpha value is -1.85. The summed E-state index contributed by atoms with van der Waals surface area (Å²) in [5.74, 6) is 1.87. The van der Waals surface area contributed by atoms with E-state index < -0.39 is 0 Å². The lowest BCUT2D eigenvalue weighted by Gasteiger charge is -2.34. The SMILES string of the molecule is CCN(CC)c1ccnc(N2CCN(C(C)=O)CC2)n1. The average Bonchev–Trinajstić information content (AvgIpc) is 2.49. The molecule has 1 aliphatic rings. The predicted molar refractivity (Wildman–Crippen MR) is 80.1 cm³/mol. The van der Waals surface area contributed by atoms with Crippen molar-refractivity contribution in [2.75, 3.05) is 49.1 Å². The number of carbonyl (C=O) groups excluding carboxylic acids is 1. The van der Waals surface area contributed by atoms with Crippen LogP contribution in [0.25, 0.3) is 0 Å². The molecule has 0 aromatic carbocycles. The molecule has 0 radical (unpaired) electrons. The van der Waals surface area contributed by atoms with E-state index in [1.165, 1.54) is 0 Å². The molecular formula is C14H23N5O. The smallest absolute Gasteiger partial charge is 0.227 e. The Balaban J connectivity index is 2.07. The molecule has 1 saturated heterocycles. The van der Waals surface area contributed by atoms with Crippen molar-refractivity contribution >= 4 is 17.7 Å². The van der Waals surface area contributed by atoms with E-state index in [-0.39, 0.29) is 5.91 Å². The van der Waals surface area contributed by atoms with Crippen LogP contribution in [0.4, 0.5) is 11.8 Å². The molecule has 0 atom stereocenters. The molecule has 0 aliphatic carbocycles. The molecule has 1 amide bonds. The lowest BCUT2D eigenvalue weighted by molar-refractivity contribution is -0.129. The first kappa shape index (κ1) is 14.6. The molecular weight excluding hydrogens is 254 g/mol. The fourth-order valence-corrected chi connectivity index (χ4v) is 2.44. The van der Waals surface area contributed by atoms with Gasteiger partial charge >= 0.3 is 0 Å². The summed E-state index contributed by atoms with van der Waals surface area (Å²) >= 11 is 0. The Morgan fingerprint density at radius 1 is 1.25 bits per heavy atom. The fourth-order valence-electron chi connectivity index (χ4n) is 2.44. The first-order valence-electron chi connectivity index (χ1n) is 7.24. The number of nitrogens with zero attached hydrogens (tertiary/aromatic N) is 5. The van der Waals surface area contributed by atoms with Crippen molar-refractivity contribution in [2.45, 2.75) is 20.8 Å². The Labute approximate surface area is 120 Å². The Kier molecular flexibility index (Phi) is 4.76. The molecule has 110 valence electrons. The van der Waals surface area contributed by atoms with Crippen LogP contribution in [-0.4, -0.2) is 60.0 Å². The maximum Gasteiger partial charge on any atom is 0.227 e. The van der Waals surface area contributed by atoms with E-state index in [0.29, 0.717) is 0 Å². The van der Waals surface area contributed by atoms with Crippen molar-refractivity contribution in [3.8, 4) is 0 Å². The highest BCUT2D eigenvalue weighted by molar-refractivity contribution is 5.73. The first-order chi connectivity index (χ1) is 9.65. The van der Waals surface area contributed by atoms with Crippen LogP contribution in [0.15, 0.2) is 12.3 Å². The third kappa shape index (κ3) is 3.18. The van der Waals surface area contributed by atoms with Crippen LogP contribution in [0.2, 0.25) is 0 Å². The maximum atomic E-state index is 11.3. The number of rotatable bonds is 4. The third-order valence-corrected chi connectivity index (χ3v) is 3.72. The zero-order valence-electron chi connectivity index (χ0n) is 12.5. The van der Waals surface area contributed by atoms with Gasteiger partial charge in [-0.15, -0.1) is 0 Å². The standard InChI is InChI=1S/C14H23N5O/c1-4-17(5-2)13-6-7-15-14(16-13)19-10-8-18(9-11-19)12(3)20/h6-7H,4-5,8-11H2,1-3H3. The number of anilines is 2. The second-order valence-electron chi connectivity index (χ2n) is 4.88. The number of hydrogen-bond acceptors (Lipinski definition) is 5. The highest BCUT2D eigenvalue weighted by Crippen LogP contribution is 2.16. The molecule has 1 aliphatic heterocycles. The molecule has 1 fully saturated rings. The Bertz CT molecular complexity index is 453. The molecule has 2 heterocycles. The lowest BCUT2D eigenvalue weighted by Crippen LogP contribution is -2.48. The van der Waals surface area contributed by atoms with E-state index in [1.807, 2.05) is 17.2 Å². The van der Waals surface area contributed by atoms with Crippen LogP contribution in [0.3, 0.4) is 0 Å². The topological polar surface area (TPSA) is 52.6 Å². The predicted octanol–water partition coefficient (Wildman–Crippen LogP) is 0.991. The minimum Gasteiger partial charge on any atom is -0.357 e. The normalized spacial score (nSPS) is 15.3. The minimum absolute atomic E-state index is 0.141. The summed E-state index contributed by atoms with van der Waals surface area (Å²) in [5, 5.41) is 0. The van der Waals surface area contributed by atoms with Gasteiger partial charge in [0, 0.05) is 52.4 Å². The monoisotopic (exact) mass is 277 g/mol. The number of aromatic nitrogens is 2. The van der Waals surface area contributed by atoms with Gasteiger partial charge in [-0.1, -0.05) is 0 Å². The lowest BCUT2D eigenvalue weighted by atomic mass is 10.3. The van der Waals surface area contributed by atoms with Gasteiger partial charge in [-0.3, -0.25) is 4.79 Å². The zero-order chi connectivity index (χ0) is 14.5. The molecule has 0 unspecified atom stereocenters. The van der Waals surface area contributed by atoms with Gasteiger partial charge in [0.1, 0.15) is 5.82 Å². The summed E-state index contributed by atoms with van der Waals surface area (Å²) in [6, 6.07) is 1.95. The Morgan fingerprint density at radius 2 is 1.90 bits per heavy atom. The van der Waals surface area contributed by atoms with Crippen molar-refractivity contribution in [2.24, 2.45) is 0 Å². The molecule has 0 N–H and O–H groups in total. The summed E-state index contributed by atoms with van der Waals surface area (Å²) in [6.45, 7) is 10.8. The Morgan fingerprint density at radius 3 is 2.45 bits per heavy atom. The molecule has 2 rings (SSSR count). The average molecular weight is 277 g/mol. The number of amides is 1. The van der Waals surface area contributed by atoms with Gasteiger partial charge in [-0.05, 0) is 19.9 Å². The van der Waals surface area contributed by atoms with Crippen LogP contribution in [-0.2, 0) is 4.79 Å². The van der Waals surface area contributed by atoms with E-state index in [2.05, 4.69) is 33.6 Å². The van der Waals surface area contributed by atoms with Crippen molar-refractivity contribution < 1.29 is 4.79 Å². The maximum absolute atomic E-state index is 11.3. The zero-order valence-corrected chi connectivity index (χ0v) is 12.5. The van der Waals surface area contributed by atoms with Gasteiger partial charge in [0.15, 0.2) is 0 Å². The second kappa shape index (κ2) is 6.54. The molecule has 6 heteroatoms. The molecule has 1 aromatic rings. The van der Waals surface area contributed by atoms with Crippen LogP contribution >= 0.6 is 0 Å². The van der Waals surface area contributed by atoms with Crippen LogP contribution in [0, 0.1) is 0 Å². The summed E-state index contributed by atoms with van der Waals surface area (Å²) in [7, 11) is 0. The fraction of sp³-hybridized carbons (Fsp3) is 0.643. The highest BCUT2D eigenvalue weighted by atomic mass is 16.2. The molecule has 0 saturated carbocycles. The van der Waals surface area contributed by atoms with Crippen molar-refractivity contribution in [1.29, 1.82) is 0 Å². The van der Waals surface area contributed by atoms with Gasteiger partial charge in [0.25, 0.3) is 0 Å². The van der Waals surface area contributed by atoms with Crippen molar-refractivity contribution in [1.82, 2.24) is 14.9 Å². The van der Waals surface area contributed by atoms with E-state index >= 15 is 0 Å². The van der Waals surface area contributed by atoms with Gasteiger partial charge in [-0.25, -0.2) is 4.98 Å². The molecule has 0 spiro atoms. The van der Waals surface area contributed by atoms with Crippen LogP contribution in [0.1, 0.15) is 20.8 Å². The van der Waals surface area contributed by atoms with Gasteiger partial charge < -0.3 is 14.7 Å². The van der Waals surface area contributed by atoms with Crippen LogP contribution < -0.4 is 9.80 Å². The number of piperazine rings is 1. The summed E-state index contributed by atoms with van der Waals surface area (Å²) < 4.78 is 0.